The highest BCUT2D eigenvalue weighted by Crippen LogP contribution is 2.17. The Morgan fingerprint density at radius 3 is 2.58 bits per heavy atom. The van der Waals surface area contributed by atoms with E-state index < -0.39 is 6.03 Å². The summed E-state index contributed by atoms with van der Waals surface area (Å²) in [5.41, 5.74) is 0. The Morgan fingerprint density at radius 2 is 2.08 bits per heavy atom. The highest BCUT2D eigenvalue weighted by Gasteiger charge is 2.18. The fourth-order valence-electron chi connectivity index (χ4n) is 1.38. The number of hydrogen-bond acceptors (Lipinski definition) is 3. The van der Waals surface area contributed by atoms with Crippen molar-refractivity contribution >= 4 is 6.03 Å². The molecular weight excluding hydrogens is 158 g/mol. The van der Waals surface area contributed by atoms with Crippen molar-refractivity contribution in [2.45, 2.75) is 31.7 Å². The number of amides is 2. The maximum absolute atomic E-state index is 11.1. The number of carbonyl (C=O) groups is 1. The molecule has 5 nitrogen and oxygen atoms in total. The number of nitroso groups, excluding NO2 is 1. The fourth-order valence-corrected chi connectivity index (χ4v) is 1.38. The second kappa shape index (κ2) is 4.04. The van der Waals surface area contributed by atoms with E-state index >= 15 is 0 Å². The zero-order chi connectivity index (χ0) is 8.97. The molecule has 0 saturated heterocycles. The summed E-state index contributed by atoms with van der Waals surface area (Å²) in [4.78, 5) is 21.0. The lowest BCUT2D eigenvalue weighted by Crippen LogP contribution is -2.39. The van der Waals surface area contributed by atoms with Crippen molar-refractivity contribution in [1.82, 2.24) is 10.3 Å². The third-order valence-corrected chi connectivity index (χ3v) is 2.10. The van der Waals surface area contributed by atoms with Crippen molar-refractivity contribution in [2.75, 3.05) is 7.05 Å². The van der Waals surface area contributed by atoms with E-state index in [0.29, 0.717) is 0 Å². The van der Waals surface area contributed by atoms with E-state index in [9.17, 15) is 9.70 Å². The molecule has 0 aromatic carbocycles. The van der Waals surface area contributed by atoms with Gasteiger partial charge in [-0.2, -0.15) is 5.01 Å². The van der Waals surface area contributed by atoms with Crippen molar-refractivity contribution < 1.29 is 4.79 Å². The average Bonchev–Trinajstić information content (AvgIpc) is 2.55. The number of hydrogen-bond donors (Lipinski definition) is 1. The maximum atomic E-state index is 11.1. The van der Waals surface area contributed by atoms with Gasteiger partial charge in [0.25, 0.3) is 0 Å². The van der Waals surface area contributed by atoms with Gasteiger partial charge in [0.05, 0.1) is 5.29 Å². The second-order valence-electron chi connectivity index (χ2n) is 3.04. The highest BCUT2D eigenvalue weighted by molar-refractivity contribution is 5.73. The molecule has 1 aliphatic carbocycles. The van der Waals surface area contributed by atoms with Crippen LogP contribution in [0.2, 0.25) is 0 Å². The molecule has 0 radical (unpaired) electrons. The molecule has 0 spiro atoms. The van der Waals surface area contributed by atoms with Gasteiger partial charge in [-0.1, -0.05) is 12.8 Å². The zero-order valence-corrected chi connectivity index (χ0v) is 7.12. The smallest absolute Gasteiger partial charge is 0.334 e. The van der Waals surface area contributed by atoms with Crippen molar-refractivity contribution in [3.8, 4) is 0 Å². The van der Waals surface area contributed by atoms with Crippen LogP contribution in [0.5, 0.6) is 0 Å². The third-order valence-electron chi connectivity index (χ3n) is 2.10. The van der Waals surface area contributed by atoms with Crippen molar-refractivity contribution in [3.63, 3.8) is 0 Å². The van der Waals surface area contributed by atoms with Crippen LogP contribution in [0.25, 0.3) is 0 Å². The van der Waals surface area contributed by atoms with Gasteiger partial charge < -0.3 is 5.32 Å². The molecular formula is C7H13N3O2. The summed E-state index contributed by atoms with van der Waals surface area (Å²) >= 11 is 0. The Bertz CT molecular complexity index is 177. The molecule has 1 rings (SSSR count). The van der Waals surface area contributed by atoms with Crippen LogP contribution in [0.4, 0.5) is 4.79 Å². The third kappa shape index (κ3) is 2.18. The minimum atomic E-state index is -0.406. The first kappa shape index (κ1) is 8.96. The van der Waals surface area contributed by atoms with Gasteiger partial charge in [-0.05, 0) is 12.8 Å². The van der Waals surface area contributed by atoms with E-state index in [0.717, 1.165) is 30.7 Å². The lowest BCUT2D eigenvalue weighted by Gasteiger charge is -2.13. The van der Waals surface area contributed by atoms with Crippen LogP contribution in [0.3, 0.4) is 0 Å². The molecule has 0 atom stereocenters. The van der Waals surface area contributed by atoms with E-state index in [-0.39, 0.29) is 6.04 Å². The Hall–Kier alpha value is -1.13. The van der Waals surface area contributed by atoms with Crippen LogP contribution in [0.1, 0.15) is 25.7 Å². The Balaban J connectivity index is 2.29. The summed E-state index contributed by atoms with van der Waals surface area (Å²) in [7, 11) is 1.34. The predicted octanol–water partition coefficient (Wildman–Crippen LogP) is 1.25. The van der Waals surface area contributed by atoms with E-state index in [1.54, 1.807) is 0 Å². The molecule has 68 valence electrons. The van der Waals surface area contributed by atoms with Gasteiger partial charge in [-0.3, -0.25) is 0 Å². The summed E-state index contributed by atoms with van der Waals surface area (Å²) < 4.78 is 0. The standard InChI is InChI=1S/C7H13N3O2/c1-10(9-12)7(11)8-6-4-2-3-5-6/h6H,2-5H2,1H3,(H,8,11). The van der Waals surface area contributed by atoms with E-state index in [1.165, 1.54) is 7.05 Å². The Morgan fingerprint density at radius 1 is 1.50 bits per heavy atom. The number of carbonyl (C=O) groups excluding carboxylic acids is 1. The molecule has 2 amide bonds. The summed E-state index contributed by atoms with van der Waals surface area (Å²) in [6.07, 6.45) is 4.34. The Kier molecular flexibility index (Phi) is 3.01. The predicted molar refractivity (Wildman–Crippen MR) is 44.3 cm³/mol. The molecule has 0 bridgehead atoms. The van der Waals surface area contributed by atoms with Gasteiger partial charge >= 0.3 is 6.03 Å². The minimum Gasteiger partial charge on any atom is -0.334 e. The van der Waals surface area contributed by atoms with Crippen molar-refractivity contribution in [2.24, 2.45) is 5.29 Å². The number of rotatable bonds is 2. The first-order chi connectivity index (χ1) is 5.74. The summed E-state index contributed by atoms with van der Waals surface area (Å²) in [5, 5.41) is 6.00. The number of urea groups is 1. The molecule has 5 heteroatoms. The first-order valence-corrected chi connectivity index (χ1v) is 4.11. The fraction of sp³-hybridized carbons (Fsp3) is 0.857. The largest absolute Gasteiger partial charge is 0.340 e. The normalized spacial score (nSPS) is 17.4. The number of nitrogens with one attached hydrogen (secondary N) is 1. The lowest BCUT2D eigenvalue weighted by atomic mass is 10.3. The molecule has 1 fully saturated rings. The van der Waals surface area contributed by atoms with Crippen LogP contribution in [0, 0.1) is 4.91 Å². The number of nitrogens with zero attached hydrogens (tertiary/aromatic N) is 2. The second-order valence-corrected chi connectivity index (χ2v) is 3.04. The van der Waals surface area contributed by atoms with Gasteiger partial charge in [0.2, 0.25) is 0 Å². The highest BCUT2D eigenvalue weighted by atomic mass is 16.3. The molecule has 0 heterocycles. The first-order valence-electron chi connectivity index (χ1n) is 4.11. The van der Waals surface area contributed by atoms with Crippen LogP contribution in [-0.4, -0.2) is 24.1 Å². The molecule has 1 saturated carbocycles. The van der Waals surface area contributed by atoms with Crippen molar-refractivity contribution in [1.29, 1.82) is 0 Å². The van der Waals surface area contributed by atoms with Crippen LogP contribution < -0.4 is 5.32 Å². The molecule has 12 heavy (non-hydrogen) atoms. The SMILES string of the molecule is CN(N=O)C(=O)NC1CCCC1. The van der Waals surface area contributed by atoms with Gasteiger partial charge in [-0.15, -0.1) is 4.91 Å². The summed E-state index contributed by atoms with van der Waals surface area (Å²) in [6.45, 7) is 0. The van der Waals surface area contributed by atoms with Gasteiger partial charge in [-0.25, -0.2) is 4.79 Å². The maximum Gasteiger partial charge on any atom is 0.340 e. The van der Waals surface area contributed by atoms with Crippen LogP contribution in [-0.2, 0) is 0 Å². The van der Waals surface area contributed by atoms with Crippen LogP contribution in [0.15, 0.2) is 5.29 Å². The molecule has 1 aliphatic rings. The van der Waals surface area contributed by atoms with Gasteiger partial charge in [0, 0.05) is 13.1 Å². The van der Waals surface area contributed by atoms with Gasteiger partial charge in [0.1, 0.15) is 0 Å². The summed E-state index contributed by atoms with van der Waals surface area (Å²) in [5.74, 6) is 0. The molecule has 0 aromatic rings. The topological polar surface area (TPSA) is 61.8 Å². The molecule has 1 N–H and O–H groups in total. The van der Waals surface area contributed by atoms with Crippen LogP contribution >= 0.6 is 0 Å². The molecule has 0 aliphatic heterocycles. The van der Waals surface area contributed by atoms with E-state index in [4.69, 9.17) is 0 Å². The molecule has 0 aromatic heterocycles. The quantitative estimate of drug-likeness (QED) is 0.502. The summed E-state index contributed by atoms with van der Waals surface area (Å²) in [6, 6.07) is -0.168. The van der Waals surface area contributed by atoms with E-state index in [2.05, 4.69) is 10.6 Å². The van der Waals surface area contributed by atoms with Gasteiger partial charge in [0.15, 0.2) is 0 Å². The van der Waals surface area contributed by atoms with E-state index in [1.807, 2.05) is 0 Å². The van der Waals surface area contributed by atoms with Crippen molar-refractivity contribution in [3.05, 3.63) is 4.91 Å². The molecule has 0 unspecified atom stereocenters. The monoisotopic (exact) mass is 171 g/mol. The zero-order valence-electron chi connectivity index (χ0n) is 7.12. The Labute approximate surface area is 71.1 Å². The average molecular weight is 171 g/mol. The lowest BCUT2D eigenvalue weighted by molar-refractivity contribution is 0.206. The minimum absolute atomic E-state index is 0.238.